The maximum Gasteiger partial charge on any atom is 0.276 e. The zero-order valence-corrected chi connectivity index (χ0v) is 20.1. The first-order valence-electron chi connectivity index (χ1n) is 11.3. The maximum absolute atomic E-state index is 13.1. The summed E-state index contributed by atoms with van der Waals surface area (Å²) >= 11 is 6.13. The monoisotopic (exact) mass is 481 g/mol. The van der Waals surface area contributed by atoms with Crippen molar-refractivity contribution in [3.8, 4) is 5.75 Å². The zero-order valence-electron chi connectivity index (χ0n) is 19.3. The Morgan fingerprint density at radius 1 is 1.18 bits per heavy atom. The van der Waals surface area contributed by atoms with Gasteiger partial charge >= 0.3 is 0 Å². The highest BCUT2D eigenvalue weighted by atomic mass is 35.5. The molecule has 2 aromatic carbocycles. The van der Waals surface area contributed by atoms with Gasteiger partial charge in [0.1, 0.15) is 17.6 Å². The molecule has 0 aliphatic carbocycles. The van der Waals surface area contributed by atoms with Crippen molar-refractivity contribution in [3.63, 3.8) is 0 Å². The fraction of sp³-hybridized carbons (Fsp3) is 0.346. The van der Waals surface area contributed by atoms with Gasteiger partial charge in [0.05, 0.1) is 0 Å². The van der Waals surface area contributed by atoms with E-state index in [1.807, 2.05) is 42.5 Å². The number of aryl methyl sites for hydroxylation is 1. The Kier molecular flexibility index (Phi) is 7.53. The molecule has 2 atom stereocenters. The van der Waals surface area contributed by atoms with Crippen molar-refractivity contribution in [2.24, 2.45) is 5.92 Å². The van der Waals surface area contributed by atoms with Crippen LogP contribution in [0.3, 0.4) is 0 Å². The van der Waals surface area contributed by atoms with E-state index < -0.39 is 0 Å². The molecule has 0 radical (unpaired) electrons. The normalized spacial score (nSPS) is 17.9. The first-order chi connectivity index (χ1) is 16.4. The minimum Gasteiger partial charge on any atom is -0.490 e. The lowest BCUT2D eigenvalue weighted by atomic mass is 9.90. The number of carbonyl (C=O) groups excluding carboxylic acids is 2. The van der Waals surface area contributed by atoms with Crippen LogP contribution in [0.4, 0.5) is 0 Å². The Morgan fingerprint density at radius 3 is 2.68 bits per heavy atom. The van der Waals surface area contributed by atoms with Crippen molar-refractivity contribution in [1.82, 2.24) is 15.0 Å². The first-order valence-corrected chi connectivity index (χ1v) is 11.7. The predicted octanol–water partition coefficient (Wildman–Crippen LogP) is 4.59. The number of halogens is 1. The van der Waals surface area contributed by atoms with Crippen LogP contribution in [0, 0.1) is 12.8 Å². The Bertz CT molecular complexity index is 1130. The highest BCUT2D eigenvalue weighted by Gasteiger charge is 2.36. The molecule has 1 aliphatic rings. The summed E-state index contributed by atoms with van der Waals surface area (Å²) < 4.78 is 11.3. The predicted molar refractivity (Wildman–Crippen MR) is 129 cm³/mol. The summed E-state index contributed by atoms with van der Waals surface area (Å²) in [6.07, 6.45) is 0.627. The molecule has 0 N–H and O–H groups in total. The van der Waals surface area contributed by atoms with E-state index in [1.54, 1.807) is 42.0 Å². The van der Waals surface area contributed by atoms with Crippen LogP contribution in [0.5, 0.6) is 5.75 Å². The van der Waals surface area contributed by atoms with Gasteiger partial charge < -0.3 is 19.1 Å². The summed E-state index contributed by atoms with van der Waals surface area (Å²) in [4.78, 5) is 29.6. The fourth-order valence-corrected chi connectivity index (χ4v) is 4.40. The van der Waals surface area contributed by atoms with Crippen LogP contribution in [-0.4, -0.2) is 53.0 Å². The van der Waals surface area contributed by atoms with Gasteiger partial charge in [-0.15, -0.1) is 0 Å². The standard InChI is InChI=1S/C26H28ClN3O4/c1-18-13-23(28-34-18)26(32)30-12-11-24(33-22-10-6-9-21(27)15-22)20(17-30)14-25(31)29(2)16-19-7-4-3-5-8-19/h3-10,13,15,20,24H,11-12,14,16-17H2,1-2H3/t20-,24-/m0/s1. The SMILES string of the molecule is Cc1cc(C(=O)N2CC[C@H](Oc3cccc(Cl)c3)[C@@H](CC(=O)N(C)Cc3ccccc3)C2)no1. The summed E-state index contributed by atoms with van der Waals surface area (Å²) in [5.41, 5.74) is 1.34. The largest absolute Gasteiger partial charge is 0.490 e. The van der Waals surface area contributed by atoms with Crippen molar-refractivity contribution in [2.45, 2.75) is 32.4 Å². The average Bonchev–Trinajstić information content (AvgIpc) is 3.26. The first kappa shape index (κ1) is 23.8. The summed E-state index contributed by atoms with van der Waals surface area (Å²) in [6, 6.07) is 18.7. The molecule has 0 saturated carbocycles. The number of likely N-dealkylation sites (tertiary alicyclic amines) is 1. The molecule has 1 aliphatic heterocycles. The number of rotatable bonds is 7. The lowest BCUT2D eigenvalue weighted by Crippen LogP contribution is -2.49. The molecule has 0 bridgehead atoms. The van der Waals surface area contributed by atoms with E-state index in [9.17, 15) is 9.59 Å². The zero-order chi connectivity index (χ0) is 24.1. The van der Waals surface area contributed by atoms with Gasteiger partial charge in [0.2, 0.25) is 5.91 Å². The molecule has 34 heavy (non-hydrogen) atoms. The topological polar surface area (TPSA) is 75.9 Å². The van der Waals surface area contributed by atoms with Gasteiger partial charge in [-0.25, -0.2) is 0 Å². The van der Waals surface area contributed by atoms with Crippen LogP contribution in [0.25, 0.3) is 0 Å². The van der Waals surface area contributed by atoms with E-state index in [1.165, 1.54) is 0 Å². The minimum atomic E-state index is -0.226. The van der Waals surface area contributed by atoms with Crippen molar-refractivity contribution in [1.29, 1.82) is 0 Å². The minimum absolute atomic E-state index is 0.000117. The smallest absolute Gasteiger partial charge is 0.276 e. The quantitative estimate of drug-likeness (QED) is 0.493. The number of piperidine rings is 1. The second kappa shape index (κ2) is 10.7. The van der Waals surface area contributed by atoms with E-state index >= 15 is 0 Å². The number of benzene rings is 2. The van der Waals surface area contributed by atoms with Gasteiger partial charge in [-0.05, 0) is 30.7 Å². The van der Waals surface area contributed by atoms with E-state index in [0.717, 1.165) is 5.56 Å². The van der Waals surface area contributed by atoms with E-state index in [-0.39, 0.29) is 36.0 Å². The molecule has 2 heterocycles. The molecule has 1 saturated heterocycles. The Balaban J connectivity index is 1.48. The van der Waals surface area contributed by atoms with Crippen molar-refractivity contribution in [2.75, 3.05) is 20.1 Å². The fourth-order valence-electron chi connectivity index (χ4n) is 4.22. The number of nitrogens with zero attached hydrogens (tertiary/aromatic N) is 3. The highest BCUT2D eigenvalue weighted by molar-refractivity contribution is 6.30. The van der Waals surface area contributed by atoms with Crippen LogP contribution in [0.15, 0.2) is 65.2 Å². The average molecular weight is 482 g/mol. The van der Waals surface area contributed by atoms with Gasteiger partial charge in [0.15, 0.2) is 5.69 Å². The van der Waals surface area contributed by atoms with E-state index in [4.69, 9.17) is 20.9 Å². The molecule has 8 heteroatoms. The van der Waals surface area contributed by atoms with E-state index in [0.29, 0.717) is 42.6 Å². The van der Waals surface area contributed by atoms with Crippen LogP contribution in [0.1, 0.15) is 34.7 Å². The molecule has 2 amide bonds. The van der Waals surface area contributed by atoms with Gasteiger partial charge in [-0.3, -0.25) is 9.59 Å². The molecule has 0 unspecified atom stereocenters. The van der Waals surface area contributed by atoms with Gasteiger partial charge in [0, 0.05) is 56.5 Å². The molecule has 0 spiro atoms. The van der Waals surface area contributed by atoms with Crippen molar-refractivity contribution < 1.29 is 18.8 Å². The second-order valence-corrected chi connectivity index (χ2v) is 9.11. The van der Waals surface area contributed by atoms with Crippen LogP contribution in [-0.2, 0) is 11.3 Å². The highest BCUT2D eigenvalue weighted by Crippen LogP contribution is 2.28. The summed E-state index contributed by atoms with van der Waals surface area (Å²) in [6.45, 7) is 3.16. The van der Waals surface area contributed by atoms with Gasteiger partial charge in [0.25, 0.3) is 5.91 Å². The number of hydrogen-bond donors (Lipinski definition) is 0. The number of hydrogen-bond acceptors (Lipinski definition) is 5. The number of carbonyl (C=O) groups is 2. The lowest BCUT2D eigenvalue weighted by Gasteiger charge is -2.38. The molecular formula is C26H28ClN3O4. The maximum atomic E-state index is 13.1. The van der Waals surface area contributed by atoms with Crippen LogP contribution >= 0.6 is 11.6 Å². The van der Waals surface area contributed by atoms with Crippen LogP contribution in [0.2, 0.25) is 5.02 Å². The second-order valence-electron chi connectivity index (χ2n) is 8.68. The van der Waals surface area contributed by atoms with E-state index in [2.05, 4.69) is 5.16 Å². The molecule has 3 aromatic rings. The van der Waals surface area contributed by atoms with Crippen molar-refractivity contribution in [3.05, 3.63) is 82.7 Å². The third-order valence-electron chi connectivity index (χ3n) is 6.01. The summed E-state index contributed by atoms with van der Waals surface area (Å²) in [5, 5.41) is 4.45. The number of ether oxygens (including phenoxy) is 1. The Labute approximate surface area is 204 Å². The summed E-state index contributed by atoms with van der Waals surface area (Å²) in [5.74, 6) is 0.847. The third-order valence-corrected chi connectivity index (χ3v) is 6.24. The van der Waals surface area contributed by atoms with Gasteiger partial charge in [-0.2, -0.15) is 0 Å². The summed E-state index contributed by atoms with van der Waals surface area (Å²) in [7, 11) is 1.80. The lowest BCUT2D eigenvalue weighted by molar-refractivity contribution is -0.133. The molecule has 4 rings (SSSR count). The molecule has 7 nitrogen and oxygen atoms in total. The van der Waals surface area contributed by atoms with Gasteiger partial charge in [-0.1, -0.05) is 53.2 Å². The Hall–Kier alpha value is -3.32. The number of amides is 2. The molecule has 178 valence electrons. The van der Waals surface area contributed by atoms with Crippen molar-refractivity contribution >= 4 is 23.4 Å². The number of aromatic nitrogens is 1. The molecular weight excluding hydrogens is 454 g/mol. The Morgan fingerprint density at radius 2 is 1.97 bits per heavy atom. The molecule has 1 fully saturated rings. The third kappa shape index (κ3) is 5.97. The molecule has 1 aromatic heterocycles. The van der Waals surface area contributed by atoms with Crippen LogP contribution < -0.4 is 4.74 Å².